The molecule has 2 N–H and O–H groups in total. The third kappa shape index (κ3) is 10.1. The first-order valence-electron chi connectivity index (χ1n) is 7.96. The summed E-state index contributed by atoms with van der Waals surface area (Å²) in [4.78, 5) is 48.4. The average Bonchev–Trinajstić information content (AvgIpc) is 2.42. The third-order valence-corrected chi connectivity index (χ3v) is 3.50. The first-order valence-corrected chi connectivity index (χ1v) is 7.96. The Morgan fingerprint density at radius 2 is 0.958 bits per heavy atom. The summed E-state index contributed by atoms with van der Waals surface area (Å²) < 4.78 is 0. The molecule has 0 unspecified atom stereocenters. The molecule has 0 atom stereocenters. The van der Waals surface area contributed by atoms with Gasteiger partial charge in [0.2, 0.25) is 0 Å². The van der Waals surface area contributed by atoms with E-state index in [1.807, 2.05) is 0 Å². The van der Waals surface area contributed by atoms with Crippen molar-refractivity contribution in [2.45, 2.75) is 27.7 Å². The zero-order valence-corrected chi connectivity index (χ0v) is 14.8. The van der Waals surface area contributed by atoms with Gasteiger partial charge in [-0.2, -0.15) is 0 Å². The number of Topliss-reactive ketones (excluding diaryl/α,β-unsaturated/α-hetero) is 2. The highest BCUT2D eigenvalue weighted by molar-refractivity contribution is 5.83. The van der Waals surface area contributed by atoms with E-state index < -0.39 is 11.9 Å². The first-order chi connectivity index (χ1) is 11.0. The number of hydrogen-bond donors (Lipinski definition) is 2. The van der Waals surface area contributed by atoms with Crippen molar-refractivity contribution in [1.29, 1.82) is 0 Å². The van der Waals surface area contributed by atoms with E-state index in [1.165, 1.54) is 9.80 Å². The van der Waals surface area contributed by atoms with Crippen LogP contribution in [0.1, 0.15) is 27.7 Å². The van der Waals surface area contributed by atoms with E-state index in [0.29, 0.717) is 0 Å². The fourth-order valence-electron chi connectivity index (χ4n) is 1.90. The van der Waals surface area contributed by atoms with Gasteiger partial charge in [-0.25, -0.2) is 0 Å². The van der Waals surface area contributed by atoms with Gasteiger partial charge in [-0.3, -0.25) is 29.0 Å². The second kappa shape index (κ2) is 10.9. The van der Waals surface area contributed by atoms with Crippen LogP contribution >= 0.6 is 0 Å². The van der Waals surface area contributed by atoms with Crippen LogP contribution in [0, 0.1) is 11.8 Å². The van der Waals surface area contributed by atoms with Gasteiger partial charge in [0.25, 0.3) is 0 Å². The number of aliphatic carboxylic acids is 2. The SMILES string of the molecule is CC(C)C(=O)CN(CCN(CC(=O)O)CC(=O)C(C)C)CC(=O)O. The van der Waals surface area contributed by atoms with Gasteiger partial charge in [0, 0.05) is 24.9 Å². The lowest BCUT2D eigenvalue weighted by atomic mass is 10.1. The Kier molecular flexibility index (Phi) is 10.1. The van der Waals surface area contributed by atoms with Crippen LogP contribution in [-0.2, 0) is 19.2 Å². The number of carbonyl (C=O) groups is 4. The second-order valence-electron chi connectivity index (χ2n) is 6.45. The molecule has 8 heteroatoms. The molecule has 0 amide bonds. The van der Waals surface area contributed by atoms with Crippen molar-refractivity contribution in [3.8, 4) is 0 Å². The summed E-state index contributed by atoms with van der Waals surface area (Å²) in [6.07, 6.45) is 0. The van der Waals surface area contributed by atoms with E-state index >= 15 is 0 Å². The zero-order valence-electron chi connectivity index (χ0n) is 14.8. The van der Waals surface area contributed by atoms with Crippen LogP contribution in [0.4, 0.5) is 0 Å². The fourth-order valence-corrected chi connectivity index (χ4v) is 1.90. The van der Waals surface area contributed by atoms with Gasteiger partial charge in [-0.1, -0.05) is 27.7 Å². The minimum Gasteiger partial charge on any atom is -0.480 e. The molecule has 0 rings (SSSR count). The van der Waals surface area contributed by atoms with Crippen molar-refractivity contribution >= 4 is 23.5 Å². The molecule has 0 saturated carbocycles. The Bertz CT molecular complexity index is 419. The molecule has 8 nitrogen and oxygen atoms in total. The van der Waals surface area contributed by atoms with Crippen molar-refractivity contribution in [3.63, 3.8) is 0 Å². The van der Waals surface area contributed by atoms with Crippen LogP contribution in [0.25, 0.3) is 0 Å². The van der Waals surface area contributed by atoms with Crippen LogP contribution < -0.4 is 0 Å². The number of nitrogens with zero attached hydrogens (tertiary/aromatic N) is 2. The Morgan fingerprint density at radius 1 is 0.667 bits per heavy atom. The largest absolute Gasteiger partial charge is 0.480 e. The summed E-state index contributed by atoms with van der Waals surface area (Å²) in [5.41, 5.74) is 0. The van der Waals surface area contributed by atoms with Crippen LogP contribution in [0.2, 0.25) is 0 Å². The highest BCUT2D eigenvalue weighted by Gasteiger charge is 2.20. The van der Waals surface area contributed by atoms with Gasteiger partial charge in [0.1, 0.15) is 11.6 Å². The van der Waals surface area contributed by atoms with Crippen molar-refractivity contribution in [2.75, 3.05) is 39.3 Å². The number of ketones is 2. The zero-order chi connectivity index (χ0) is 18.9. The van der Waals surface area contributed by atoms with Gasteiger partial charge in [0.15, 0.2) is 0 Å². The second-order valence-corrected chi connectivity index (χ2v) is 6.45. The summed E-state index contributed by atoms with van der Waals surface area (Å²) in [7, 11) is 0. The van der Waals surface area contributed by atoms with Crippen molar-refractivity contribution in [3.05, 3.63) is 0 Å². The molecule has 0 aliphatic carbocycles. The van der Waals surface area contributed by atoms with Crippen LogP contribution in [-0.4, -0.2) is 82.8 Å². The summed E-state index contributed by atoms with van der Waals surface area (Å²) >= 11 is 0. The van der Waals surface area contributed by atoms with E-state index in [1.54, 1.807) is 27.7 Å². The molecule has 0 aromatic heterocycles. The monoisotopic (exact) mass is 344 g/mol. The Hall–Kier alpha value is -1.80. The molecular formula is C16H28N2O6. The van der Waals surface area contributed by atoms with E-state index in [4.69, 9.17) is 10.2 Å². The lowest BCUT2D eigenvalue weighted by Crippen LogP contribution is -2.44. The van der Waals surface area contributed by atoms with Gasteiger partial charge in [-0.05, 0) is 0 Å². The topological polar surface area (TPSA) is 115 Å². The Morgan fingerprint density at radius 3 is 1.17 bits per heavy atom. The summed E-state index contributed by atoms with van der Waals surface area (Å²) in [5, 5.41) is 17.9. The molecule has 0 aliphatic heterocycles. The highest BCUT2D eigenvalue weighted by atomic mass is 16.4. The summed E-state index contributed by atoms with van der Waals surface area (Å²) in [5.74, 6) is -2.71. The maximum Gasteiger partial charge on any atom is 0.317 e. The van der Waals surface area contributed by atoms with Gasteiger partial charge in [0.05, 0.1) is 26.2 Å². The Balaban J connectivity index is 4.81. The van der Waals surface area contributed by atoms with Crippen molar-refractivity contribution in [2.24, 2.45) is 11.8 Å². The van der Waals surface area contributed by atoms with Crippen molar-refractivity contribution < 1.29 is 29.4 Å². The number of carboxylic acids is 2. The average molecular weight is 344 g/mol. The first kappa shape index (κ1) is 22.2. The number of carbonyl (C=O) groups excluding carboxylic acids is 2. The number of carboxylic acid groups (broad SMARTS) is 2. The molecule has 0 heterocycles. The predicted octanol–water partition coefficient (Wildman–Crippen LogP) is 0.210. The van der Waals surface area contributed by atoms with Gasteiger partial charge >= 0.3 is 11.9 Å². The summed E-state index contributed by atoms with van der Waals surface area (Å²) in [6.45, 7) is 6.70. The normalized spacial score (nSPS) is 11.5. The molecule has 0 aromatic carbocycles. The minimum absolute atomic E-state index is 0.0109. The number of rotatable bonds is 13. The smallest absolute Gasteiger partial charge is 0.317 e. The van der Waals surface area contributed by atoms with Crippen LogP contribution in [0.3, 0.4) is 0 Å². The van der Waals surface area contributed by atoms with Gasteiger partial charge < -0.3 is 10.2 Å². The molecule has 0 spiro atoms. The van der Waals surface area contributed by atoms with E-state index in [-0.39, 0.29) is 62.7 Å². The predicted molar refractivity (Wildman–Crippen MR) is 87.8 cm³/mol. The molecule has 0 aromatic rings. The fraction of sp³-hybridized carbons (Fsp3) is 0.750. The maximum atomic E-state index is 11.8. The molecule has 0 saturated heterocycles. The van der Waals surface area contributed by atoms with Crippen molar-refractivity contribution in [1.82, 2.24) is 9.80 Å². The summed E-state index contributed by atoms with van der Waals surface area (Å²) in [6, 6.07) is 0. The molecular weight excluding hydrogens is 316 g/mol. The molecule has 24 heavy (non-hydrogen) atoms. The molecule has 0 aliphatic rings. The van der Waals surface area contributed by atoms with Gasteiger partial charge in [-0.15, -0.1) is 0 Å². The standard InChI is InChI=1S/C16H28N2O6/c1-11(2)13(19)7-17(9-15(21)22)5-6-18(10-16(23)24)8-14(20)12(3)4/h11-12H,5-10H2,1-4H3,(H,21,22)(H,23,24). The van der Waals surface area contributed by atoms with Crippen LogP contribution in [0.15, 0.2) is 0 Å². The minimum atomic E-state index is -1.06. The van der Waals surface area contributed by atoms with E-state index in [9.17, 15) is 19.2 Å². The van der Waals surface area contributed by atoms with E-state index in [2.05, 4.69) is 0 Å². The van der Waals surface area contributed by atoms with E-state index in [0.717, 1.165) is 0 Å². The Labute approximate surface area is 142 Å². The maximum absolute atomic E-state index is 11.8. The molecule has 0 bridgehead atoms. The number of hydrogen-bond acceptors (Lipinski definition) is 6. The lowest BCUT2D eigenvalue weighted by molar-refractivity contribution is -0.141. The molecule has 0 fully saturated rings. The third-order valence-electron chi connectivity index (χ3n) is 3.50. The highest BCUT2D eigenvalue weighted by Crippen LogP contribution is 2.02. The van der Waals surface area contributed by atoms with Crippen LogP contribution in [0.5, 0.6) is 0 Å². The quantitative estimate of drug-likeness (QED) is 0.487. The lowest BCUT2D eigenvalue weighted by Gasteiger charge is -2.25. The molecule has 0 radical (unpaired) electrons. The molecule has 138 valence electrons.